The summed E-state index contributed by atoms with van der Waals surface area (Å²) < 4.78 is 5.95. The summed E-state index contributed by atoms with van der Waals surface area (Å²) in [6.45, 7) is 0. The molecule has 1 unspecified atom stereocenters. The van der Waals surface area contributed by atoms with Crippen molar-refractivity contribution in [1.29, 1.82) is 0 Å². The fourth-order valence-electron chi connectivity index (χ4n) is 6.01. The van der Waals surface area contributed by atoms with Crippen LogP contribution < -0.4 is 10.1 Å². The molecule has 1 fully saturated rings. The van der Waals surface area contributed by atoms with E-state index in [-0.39, 0.29) is 5.91 Å². The molecule has 6 rings (SSSR count). The lowest BCUT2D eigenvalue weighted by Crippen LogP contribution is -2.52. The second-order valence-corrected chi connectivity index (χ2v) is 10.1. The highest BCUT2D eigenvalue weighted by molar-refractivity contribution is 5.94. The van der Waals surface area contributed by atoms with E-state index >= 15 is 0 Å². The lowest BCUT2D eigenvalue weighted by molar-refractivity contribution is -0.158. The van der Waals surface area contributed by atoms with Crippen LogP contribution in [-0.4, -0.2) is 23.0 Å². The molecule has 4 atom stereocenters. The first-order chi connectivity index (χ1) is 19.0. The van der Waals surface area contributed by atoms with Crippen molar-refractivity contribution in [1.82, 2.24) is 0 Å². The fraction of sp³-hybridized carbons (Fsp3) is 0.182. The number of carbonyl (C=O) groups excluding carboxylic acids is 2. The number of hydrogen-bond acceptors (Lipinski definition) is 4. The number of rotatable bonds is 6. The van der Waals surface area contributed by atoms with E-state index in [9.17, 15) is 19.5 Å². The van der Waals surface area contributed by atoms with Crippen LogP contribution in [0.1, 0.15) is 34.9 Å². The van der Waals surface area contributed by atoms with E-state index in [0.29, 0.717) is 18.6 Å². The van der Waals surface area contributed by atoms with Crippen LogP contribution in [0, 0.1) is 11.8 Å². The molecule has 194 valence electrons. The van der Waals surface area contributed by atoms with Crippen molar-refractivity contribution in [2.45, 2.75) is 24.7 Å². The van der Waals surface area contributed by atoms with Gasteiger partial charge in [-0.15, -0.1) is 0 Å². The molecule has 6 nitrogen and oxygen atoms in total. The van der Waals surface area contributed by atoms with Gasteiger partial charge in [0.1, 0.15) is 5.75 Å². The number of benzene rings is 4. The molecule has 0 aromatic heterocycles. The van der Waals surface area contributed by atoms with E-state index in [1.807, 2.05) is 91.0 Å². The quantitative estimate of drug-likeness (QED) is 0.240. The highest BCUT2D eigenvalue weighted by Crippen LogP contribution is 2.58. The van der Waals surface area contributed by atoms with E-state index < -0.39 is 35.6 Å². The number of ether oxygens (including phenoxy) is 1. The van der Waals surface area contributed by atoms with Crippen molar-refractivity contribution in [2.24, 2.45) is 11.8 Å². The largest absolute Gasteiger partial charge is 0.481 e. The Labute approximate surface area is 226 Å². The monoisotopic (exact) mass is 517 g/mol. The van der Waals surface area contributed by atoms with Gasteiger partial charge < -0.3 is 15.2 Å². The zero-order chi connectivity index (χ0) is 26.9. The van der Waals surface area contributed by atoms with Crippen LogP contribution in [0.15, 0.2) is 103 Å². The van der Waals surface area contributed by atoms with Crippen molar-refractivity contribution < 1.29 is 24.2 Å². The molecule has 1 aliphatic heterocycles. The minimum atomic E-state index is -0.924. The minimum Gasteiger partial charge on any atom is -0.481 e. The maximum atomic E-state index is 13.7. The highest BCUT2D eigenvalue weighted by Gasteiger charge is 2.59. The number of carboxylic acid groups (broad SMARTS) is 1. The SMILES string of the molecule is O=C1CCc2cc(-c3cccc(OC(=O)[C@@H]4C(c5ccccc5)[C@@H](C(=O)O)[C@H]4c4ccccc4)c3)ccc2N1. The van der Waals surface area contributed by atoms with Gasteiger partial charge in [0.15, 0.2) is 0 Å². The fourth-order valence-corrected chi connectivity index (χ4v) is 6.01. The van der Waals surface area contributed by atoms with E-state index in [1.165, 1.54) is 0 Å². The second-order valence-electron chi connectivity index (χ2n) is 10.1. The summed E-state index contributed by atoms with van der Waals surface area (Å²) in [7, 11) is 0. The van der Waals surface area contributed by atoms with Crippen molar-refractivity contribution in [3.05, 3.63) is 120 Å². The Kier molecular flexibility index (Phi) is 6.45. The van der Waals surface area contributed by atoms with Crippen LogP contribution in [0.5, 0.6) is 5.75 Å². The molecule has 1 saturated carbocycles. The third kappa shape index (κ3) is 4.70. The Hall–Kier alpha value is -4.71. The maximum absolute atomic E-state index is 13.7. The Bertz CT molecular complexity index is 1500. The van der Waals surface area contributed by atoms with Gasteiger partial charge in [-0.3, -0.25) is 14.4 Å². The minimum absolute atomic E-state index is 0.0212. The molecular formula is C33H27NO5. The van der Waals surface area contributed by atoms with E-state index in [0.717, 1.165) is 33.5 Å². The second kappa shape index (κ2) is 10.2. The first-order valence-corrected chi connectivity index (χ1v) is 13.1. The van der Waals surface area contributed by atoms with Gasteiger partial charge in [-0.1, -0.05) is 78.9 Å². The molecule has 4 aromatic rings. The number of aliphatic carboxylic acids is 1. The number of hydrogen-bond donors (Lipinski definition) is 2. The average Bonchev–Trinajstić information content (AvgIpc) is 2.93. The van der Waals surface area contributed by atoms with Crippen LogP contribution in [0.25, 0.3) is 11.1 Å². The number of amides is 1. The molecule has 1 aliphatic carbocycles. The summed E-state index contributed by atoms with van der Waals surface area (Å²) >= 11 is 0. The summed E-state index contributed by atoms with van der Waals surface area (Å²) in [4.78, 5) is 37.9. The van der Waals surface area contributed by atoms with Gasteiger partial charge in [-0.25, -0.2) is 0 Å². The molecule has 4 aromatic carbocycles. The predicted molar refractivity (Wildman–Crippen MR) is 147 cm³/mol. The van der Waals surface area contributed by atoms with Crippen molar-refractivity contribution in [2.75, 3.05) is 5.32 Å². The smallest absolute Gasteiger partial charge is 0.315 e. The van der Waals surface area contributed by atoms with Crippen LogP contribution >= 0.6 is 0 Å². The molecule has 2 N–H and O–H groups in total. The van der Waals surface area contributed by atoms with E-state index in [2.05, 4.69) is 11.4 Å². The van der Waals surface area contributed by atoms with Crippen molar-refractivity contribution >= 4 is 23.5 Å². The summed E-state index contributed by atoms with van der Waals surface area (Å²) in [6.07, 6.45) is 1.13. The summed E-state index contributed by atoms with van der Waals surface area (Å²) in [5, 5.41) is 13.1. The molecular weight excluding hydrogens is 490 g/mol. The van der Waals surface area contributed by atoms with Crippen LogP contribution in [0.4, 0.5) is 5.69 Å². The maximum Gasteiger partial charge on any atom is 0.315 e. The van der Waals surface area contributed by atoms with Crippen LogP contribution in [0.2, 0.25) is 0 Å². The lowest BCUT2D eigenvalue weighted by atomic mass is 9.52. The Morgan fingerprint density at radius 3 is 2.00 bits per heavy atom. The molecule has 0 bridgehead atoms. The van der Waals surface area contributed by atoms with Crippen LogP contribution in [-0.2, 0) is 20.8 Å². The van der Waals surface area contributed by atoms with Gasteiger partial charge in [0.25, 0.3) is 0 Å². The van der Waals surface area contributed by atoms with Gasteiger partial charge in [0.2, 0.25) is 5.91 Å². The van der Waals surface area contributed by atoms with Gasteiger partial charge in [-0.05, 0) is 58.5 Å². The number of esters is 1. The zero-order valence-electron chi connectivity index (χ0n) is 21.1. The number of nitrogens with one attached hydrogen (secondary N) is 1. The number of carbonyl (C=O) groups is 3. The lowest BCUT2D eigenvalue weighted by Gasteiger charge is -2.48. The van der Waals surface area contributed by atoms with Crippen molar-refractivity contribution in [3.8, 4) is 16.9 Å². The molecule has 39 heavy (non-hydrogen) atoms. The van der Waals surface area contributed by atoms with Gasteiger partial charge in [0, 0.05) is 23.9 Å². The summed E-state index contributed by atoms with van der Waals surface area (Å²) in [5.41, 5.74) is 5.37. The Morgan fingerprint density at radius 1 is 0.718 bits per heavy atom. The highest BCUT2D eigenvalue weighted by atomic mass is 16.5. The van der Waals surface area contributed by atoms with Crippen LogP contribution in [0.3, 0.4) is 0 Å². The summed E-state index contributed by atoms with van der Waals surface area (Å²) in [5.74, 6) is -3.33. The topological polar surface area (TPSA) is 92.7 Å². The molecule has 6 heteroatoms. The van der Waals surface area contributed by atoms with Gasteiger partial charge in [-0.2, -0.15) is 0 Å². The standard InChI is InChI=1S/C33H27NO5/c35-27-17-15-24-18-23(14-16-26(24)34-27)22-12-7-13-25(19-22)39-33(38)31-28(20-8-3-1-4-9-20)30(32(36)37)29(31)21-10-5-2-6-11-21/h1-14,16,18-19,28-31H,15,17H2,(H,34,35)(H,36,37)/t28-,29?,30+,31+/m1/s1. The molecule has 0 radical (unpaired) electrons. The van der Waals surface area contributed by atoms with Gasteiger partial charge >= 0.3 is 11.9 Å². The number of carboxylic acids is 1. The van der Waals surface area contributed by atoms with Crippen molar-refractivity contribution in [3.63, 3.8) is 0 Å². The first kappa shape index (κ1) is 24.6. The summed E-state index contributed by atoms with van der Waals surface area (Å²) in [6, 6.07) is 31.9. The third-order valence-corrected chi connectivity index (χ3v) is 7.86. The molecule has 0 saturated heterocycles. The number of aryl methyl sites for hydroxylation is 1. The molecule has 2 aliphatic rings. The first-order valence-electron chi connectivity index (χ1n) is 13.1. The zero-order valence-corrected chi connectivity index (χ0v) is 21.1. The van der Waals surface area contributed by atoms with Gasteiger partial charge in [0.05, 0.1) is 11.8 Å². The third-order valence-electron chi connectivity index (χ3n) is 7.86. The Balaban J connectivity index is 1.30. The number of fused-ring (bicyclic) bond motifs is 1. The predicted octanol–water partition coefficient (Wildman–Crippen LogP) is 6.04. The normalized spacial score (nSPS) is 21.7. The van der Waals surface area contributed by atoms with E-state index in [4.69, 9.17) is 4.74 Å². The Morgan fingerprint density at radius 2 is 1.36 bits per heavy atom. The van der Waals surface area contributed by atoms with E-state index in [1.54, 1.807) is 6.07 Å². The molecule has 1 heterocycles. The molecule has 1 amide bonds. The molecule has 0 spiro atoms. The number of anilines is 1. The average molecular weight is 518 g/mol.